The lowest BCUT2D eigenvalue weighted by atomic mass is 9.91. The van der Waals surface area contributed by atoms with Crippen LogP contribution in [0.15, 0.2) is 0 Å². The second-order valence-electron chi connectivity index (χ2n) is 5.62. The van der Waals surface area contributed by atoms with Gasteiger partial charge in [-0.15, -0.1) is 0 Å². The lowest BCUT2D eigenvalue weighted by Crippen LogP contribution is -2.48. The van der Waals surface area contributed by atoms with E-state index in [9.17, 15) is 8.42 Å². The van der Waals surface area contributed by atoms with Gasteiger partial charge >= 0.3 is 0 Å². The average Bonchev–Trinajstić information content (AvgIpc) is 2.45. The summed E-state index contributed by atoms with van der Waals surface area (Å²) in [5.74, 6) is 9.71. The molecule has 2 fully saturated rings. The lowest BCUT2D eigenvalue weighted by molar-refractivity contribution is 0.238. The monoisotopic (exact) mass is 339 g/mol. The molecule has 20 heavy (non-hydrogen) atoms. The summed E-state index contributed by atoms with van der Waals surface area (Å²) in [7, 11) is -3.05. The van der Waals surface area contributed by atoms with Crippen molar-refractivity contribution in [2.24, 2.45) is 11.8 Å². The number of sulfonamides is 1. The van der Waals surface area contributed by atoms with Crippen molar-refractivity contribution in [3.05, 3.63) is 0 Å². The van der Waals surface area contributed by atoms with Gasteiger partial charge < -0.3 is 0 Å². The van der Waals surface area contributed by atoms with Crippen LogP contribution in [-0.4, -0.2) is 60.6 Å². The van der Waals surface area contributed by atoms with Gasteiger partial charge in [0, 0.05) is 41.6 Å². The van der Waals surface area contributed by atoms with Crippen molar-refractivity contribution in [3.8, 4) is 0 Å². The van der Waals surface area contributed by atoms with Gasteiger partial charge in [0.15, 0.2) is 0 Å². The van der Waals surface area contributed by atoms with Crippen molar-refractivity contribution in [1.29, 1.82) is 0 Å². The molecular formula is C12H25N3O2S3. The molecule has 3 unspecified atom stereocenters. The second kappa shape index (κ2) is 7.69. The molecule has 2 aliphatic rings. The van der Waals surface area contributed by atoms with Crippen molar-refractivity contribution < 1.29 is 8.42 Å². The third kappa shape index (κ3) is 4.78. The van der Waals surface area contributed by atoms with Gasteiger partial charge in [-0.05, 0) is 25.2 Å². The topological polar surface area (TPSA) is 75.4 Å². The van der Waals surface area contributed by atoms with Crippen LogP contribution in [0, 0.1) is 5.92 Å². The Morgan fingerprint density at radius 3 is 2.85 bits per heavy atom. The van der Waals surface area contributed by atoms with E-state index in [4.69, 9.17) is 5.84 Å². The highest BCUT2D eigenvalue weighted by molar-refractivity contribution is 8.06. The zero-order valence-electron chi connectivity index (χ0n) is 12.0. The summed E-state index contributed by atoms with van der Waals surface area (Å²) in [6.45, 7) is 1.33. The maximum atomic E-state index is 11.7. The van der Waals surface area contributed by atoms with Crippen LogP contribution >= 0.6 is 23.5 Å². The Balaban J connectivity index is 1.90. The van der Waals surface area contributed by atoms with E-state index in [1.807, 2.05) is 23.5 Å². The van der Waals surface area contributed by atoms with Crippen LogP contribution in [0.25, 0.3) is 0 Å². The van der Waals surface area contributed by atoms with E-state index in [0.717, 1.165) is 25.0 Å². The predicted octanol–water partition coefficient (Wildman–Crippen LogP) is 0.729. The van der Waals surface area contributed by atoms with E-state index >= 15 is 0 Å². The van der Waals surface area contributed by atoms with Crippen LogP contribution in [-0.2, 0) is 10.0 Å². The number of hydrogen-bond acceptors (Lipinski definition) is 6. The lowest BCUT2D eigenvalue weighted by Gasteiger charge is -2.35. The Morgan fingerprint density at radius 2 is 2.25 bits per heavy atom. The third-order valence-corrected chi connectivity index (χ3v) is 8.23. The van der Waals surface area contributed by atoms with E-state index in [-0.39, 0.29) is 6.04 Å². The predicted molar refractivity (Wildman–Crippen MR) is 88.4 cm³/mol. The fourth-order valence-corrected chi connectivity index (χ4v) is 6.77. The fraction of sp³-hybridized carbons (Fsp3) is 1.00. The molecule has 2 saturated heterocycles. The van der Waals surface area contributed by atoms with Crippen LogP contribution in [0.2, 0.25) is 0 Å². The Bertz CT molecular complexity index is 399. The summed E-state index contributed by atoms with van der Waals surface area (Å²) in [6, 6.07) is 0.289. The van der Waals surface area contributed by atoms with Crippen LogP contribution in [0.4, 0.5) is 0 Å². The Kier molecular flexibility index (Phi) is 6.50. The summed E-state index contributed by atoms with van der Waals surface area (Å²) in [4.78, 5) is 0. The quantitative estimate of drug-likeness (QED) is 0.568. The first-order chi connectivity index (χ1) is 9.50. The average molecular weight is 340 g/mol. The molecule has 0 spiro atoms. The minimum absolute atomic E-state index is 0.289. The molecule has 118 valence electrons. The Labute approximate surface area is 130 Å². The Hall–Kier alpha value is 0.530. The fourth-order valence-electron chi connectivity index (χ4n) is 2.95. The maximum Gasteiger partial charge on any atom is 0.211 e. The SMILES string of the molecule is CS(=O)(=O)N1CCCC(CC(NN)C2CSCCS2)C1. The summed E-state index contributed by atoms with van der Waals surface area (Å²) in [6.07, 6.45) is 4.35. The van der Waals surface area contributed by atoms with Crippen molar-refractivity contribution >= 4 is 33.5 Å². The van der Waals surface area contributed by atoms with Crippen LogP contribution < -0.4 is 11.3 Å². The highest BCUT2D eigenvalue weighted by Gasteiger charge is 2.31. The van der Waals surface area contributed by atoms with E-state index in [0.29, 0.717) is 24.3 Å². The molecule has 5 nitrogen and oxygen atoms in total. The summed E-state index contributed by atoms with van der Waals surface area (Å²) in [5.41, 5.74) is 2.97. The summed E-state index contributed by atoms with van der Waals surface area (Å²) in [5, 5.41) is 0.548. The first kappa shape index (κ1) is 16.9. The molecule has 0 aromatic rings. The zero-order chi connectivity index (χ0) is 14.6. The first-order valence-electron chi connectivity index (χ1n) is 7.11. The number of thioether (sulfide) groups is 2. The van der Waals surface area contributed by atoms with E-state index in [1.165, 1.54) is 17.8 Å². The number of nitrogens with two attached hydrogens (primary N) is 1. The maximum absolute atomic E-state index is 11.7. The van der Waals surface area contributed by atoms with Crippen LogP contribution in [0.3, 0.4) is 0 Å². The normalized spacial score (nSPS) is 31.1. The van der Waals surface area contributed by atoms with E-state index in [1.54, 1.807) is 4.31 Å². The van der Waals surface area contributed by atoms with Gasteiger partial charge in [-0.1, -0.05) is 0 Å². The molecule has 0 aliphatic carbocycles. The van der Waals surface area contributed by atoms with E-state index in [2.05, 4.69) is 5.43 Å². The number of hydrazine groups is 1. The smallest absolute Gasteiger partial charge is 0.211 e. The minimum Gasteiger partial charge on any atom is -0.271 e. The highest BCUT2D eigenvalue weighted by Crippen LogP contribution is 2.31. The largest absolute Gasteiger partial charge is 0.271 e. The van der Waals surface area contributed by atoms with E-state index < -0.39 is 10.0 Å². The van der Waals surface area contributed by atoms with Crippen molar-refractivity contribution in [2.75, 3.05) is 36.6 Å². The van der Waals surface area contributed by atoms with Crippen LogP contribution in [0.1, 0.15) is 19.3 Å². The molecule has 0 amide bonds. The van der Waals surface area contributed by atoms with Gasteiger partial charge in [-0.25, -0.2) is 12.7 Å². The number of piperidine rings is 1. The molecule has 8 heteroatoms. The van der Waals surface area contributed by atoms with Crippen molar-refractivity contribution in [3.63, 3.8) is 0 Å². The molecule has 0 radical (unpaired) electrons. The molecule has 2 aliphatic heterocycles. The minimum atomic E-state index is -3.05. The molecule has 2 rings (SSSR count). The number of nitrogens with zero attached hydrogens (tertiary/aromatic N) is 1. The summed E-state index contributed by atoms with van der Waals surface area (Å²) < 4.78 is 25.0. The van der Waals surface area contributed by atoms with Crippen molar-refractivity contribution in [2.45, 2.75) is 30.6 Å². The van der Waals surface area contributed by atoms with Gasteiger partial charge in [0.2, 0.25) is 10.0 Å². The third-order valence-electron chi connectivity index (χ3n) is 4.04. The molecule has 3 N–H and O–H groups in total. The number of rotatable bonds is 5. The van der Waals surface area contributed by atoms with Crippen LogP contribution in [0.5, 0.6) is 0 Å². The molecule has 0 aromatic carbocycles. The first-order valence-corrected chi connectivity index (χ1v) is 11.2. The Morgan fingerprint density at radius 1 is 1.45 bits per heavy atom. The molecular weight excluding hydrogens is 314 g/mol. The molecule has 2 heterocycles. The van der Waals surface area contributed by atoms with Gasteiger partial charge in [0.1, 0.15) is 0 Å². The van der Waals surface area contributed by atoms with Gasteiger partial charge in [0.05, 0.1) is 6.26 Å². The van der Waals surface area contributed by atoms with Gasteiger partial charge in [-0.2, -0.15) is 23.5 Å². The van der Waals surface area contributed by atoms with Gasteiger partial charge in [0.25, 0.3) is 0 Å². The summed E-state index contributed by atoms with van der Waals surface area (Å²) >= 11 is 3.99. The van der Waals surface area contributed by atoms with Gasteiger partial charge in [-0.3, -0.25) is 11.3 Å². The molecule has 0 aromatic heterocycles. The standard InChI is InChI=1S/C12H25N3O2S3/c1-20(16,17)15-4-2-3-10(8-15)7-11(14-13)12-9-18-5-6-19-12/h10-12,14H,2-9,13H2,1H3. The van der Waals surface area contributed by atoms with Crippen molar-refractivity contribution in [1.82, 2.24) is 9.73 Å². The second-order valence-corrected chi connectivity index (χ2v) is 10.1. The molecule has 0 saturated carbocycles. The number of hydrogen-bond donors (Lipinski definition) is 2. The number of nitrogens with one attached hydrogen (secondary N) is 1. The highest BCUT2D eigenvalue weighted by atomic mass is 32.2. The zero-order valence-corrected chi connectivity index (χ0v) is 14.4. The molecule has 3 atom stereocenters. The molecule has 0 bridgehead atoms.